The highest BCUT2D eigenvalue weighted by Crippen LogP contribution is 2.36. The van der Waals surface area contributed by atoms with Crippen molar-refractivity contribution in [2.75, 3.05) is 13.2 Å². The van der Waals surface area contributed by atoms with Crippen LogP contribution in [0.1, 0.15) is 48.9 Å². The number of nitrogens with one attached hydrogen (secondary N) is 1. The van der Waals surface area contributed by atoms with Crippen molar-refractivity contribution in [3.8, 4) is 0 Å². The molecule has 1 amide bonds. The molecule has 3 heteroatoms. The maximum atomic E-state index is 13.4. The summed E-state index contributed by atoms with van der Waals surface area (Å²) < 4.78 is 5.55. The molecule has 3 nitrogen and oxygen atoms in total. The Morgan fingerprint density at radius 1 is 1.08 bits per heavy atom. The monoisotopic (exact) mass is 337 g/mol. The van der Waals surface area contributed by atoms with E-state index in [9.17, 15) is 4.79 Å². The van der Waals surface area contributed by atoms with Crippen LogP contribution in [0.4, 0.5) is 0 Å². The zero-order valence-corrected chi connectivity index (χ0v) is 15.1. The van der Waals surface area contributed by atoms with Crippen LogP contribution in [0.25, 0.3) is 0 Å². The van der Waals surface area contributed by atoms with Crippen molar-refractivity contribution < 1.29 is 9.53 Å². The van der Waals surface area contributed by atoms with Gasteiger partial charge in [0, 0.05) is 13.2 Å². The maximum Gasteiger partial charge on any atom is 0.231 e. The second-order valence-corrected chi connectivity index (χ2v) is 6.85. The minimum atomic E-state index is -0.490. The smallest absolute Gasteiger partial charge is 0.231 e. The van der Waals surface area contributed by atoms with Crippen molar-refractivity contribution >= 4 is 5.91 Å². The van der Waals surface area contributed by atoms with E-state index in [0.717, 1.165) is 24.8 Å². The van der Waals surface area contributed by atoms with Crippen molar-refractivity contribution in [3.63, 3.8) is 0 Å². The fourth-order valence-corrected chi connectivity index (χ4v) is 3.80. The number of aryl methyl sites for hydroxylation is 1. The first kappa shape index (κ1) is 17.7. The number of carbonyl (C=O) groups excluding carboxylic acids is 1. The van der Waals surface area contributed by atoms with Crippen molar-refractivity contribution in [2.24, 2.45) is 0 Å². The van der Waals surface area contributed by atoms with Crippen LogP contribution >= 0.6 is 0 Å². The number of hydrogen-bond donors (Lipinski definition) is 1. The van der Waals surface area contributed by atoms with Gasteiger partial charge in [0.15, 0.2) is 0 Å². The Kier molecular flexibility index (Phi) is 5.54. The molecule has 1 fully saturated rings. The average Bonchev–Trinajstić information content (AvgIpc) is 2.68. The first-order chi connectivity index (χ1) is 12.2. The summed E-state index contributed by atoms with van der Waals surface area (Å²) in [5, 5.41) is 3.34. The summed E-state index contributed by atoms with van der Waals surface area (Å²) in [5.74, 6) is 0.122. The molecule has 1 heterocycles. The molecule has 0 saturated carbocycles. The van der Waals surface area contributed by atoms with Crippen LogP contribution < -0.4 is 5.32 Å². The third-order valence-electron chi connectivity index (χ3n) is 5.38. The molecule has 1 atom stereocenters. The molecule has 2 aromatic carbocycles. The molecule has 1 saturated heterocycles. The lowest BCUT2D eigenvalue weighted by Gasteiger charge is -2.37. The van der Waals surface area contributed by atoms with E-state index in [1.165, 1.54) is 11.1 Å². The van der Waals surface area contributed by atoms with E-state index in [2.05, 4.69) is 43.4 Å². The second-order valence-electron chi connectivity index (χ2n) is 6.85. The van der Waals surface area contributed by atoms with Crippen molar-refractivity contribution in [1.29, 1.82) is 0 Å². The number of rotatable bonds is 5. The molecule has 25 heavy (non-hydrogen) atoms. The zero-order chi connectivity index (χ0) is 17.7. The Morgan fingerprint density at radius 2 is 1.72 bits per heavy atom. The van der Waals surface area contributed by atoms with E-state index in [1.54, 1.807) is 0 Å². The fraction of sp³-hybridized carbons (Fsp3) is 0.409. The molecule has 0 spiro atoms. The van der Waals surface area contributed by atoms with Crippen LogP contribution in [0, 0.1) is 6.92 Å². The Balaban J connectivity index is 1.89. The summed E-state index contributed by atoms with van der Waals surface area (Å²) in [5.41, 5.74) is 3.02. The van der Waals surface area contributed by atoms with Gasteiger partial charge in [-0.2, -0.15) is 0 Å². The Bertz CT molecular complexity index is 705. The largest absolute Gasteiger partial charge is 0.381 e. The van der Waals surface area contributed by atoms with Gasteiger partial charge in [-0.15, -0.1) is 0 Å². The number of amides is 1. The quantitative estimate of drug-likeness (QED) is 0.883. The van der Waals surface area contributed by atoms with Crippen molar-refractivity contribution in [2.45, 2.75) is 44.6 Å². The molecule has 0 radical (unpaired) electrons. The molecule has 0 bridgehead atoms. The zero-order valence-electron chi connectivity index (χ0n) is 15.1. The third-order valence-corrected chi connectivity index (χ3v) is 5.38. The van der Waals surface area contributed by atoms with Crippen molar-refractivity contribution in [1.82, 2.24) is 5.32 Å². The van der Waals surface area contributed by atoms with E-state index in [-0.39, 0.29) is 11.9 Å². The van der Waals surface area contributed by atoms with E-state index < -0.39 is 5.41 Å². The van der Waals surface area contributed by atoms with E-state index in [0.29, 0.717) is 13.2 Å². The summed E-state index contributed by atoms with van der Waals surface area (Å²) in [4.78, 5) is 13.4. The van der Waals surface area contributed by atoms with Gasteiger partial charge < -0.3 is 10.1 Å². The highest BCUT2D eigenvalue weighted by atomic mass is 16.5. The van der Waals surface area contributed by atoms with Crippen LogP contribution in [0.5, 0.6) is 0 Å². The van der Waals surface area contributed by atoms with Crippen LogP contribution in [0.2, 0.25) is 0 Å². The van der Waals surface area contributed by atoms with Gasteiger partial charge >= 0.3 is 0 Å². The maximum absolute atomic E-state index is 13.4. The van der Waals surface area contributed by atoms with Gasteiger partial charge in [0.05, 0.1) is 11.5 Å². The molecule has 1 aliphatic heterocycles. The van der Waals surface area contributed by atoms with E-state index in [1.807, 2.05) is 30.3 Å². The topological polar surface area (TPSA) is 38.3 Å². The SMILES string of the molecule is CC[C@H](NC(=O)C1(c2ccccc2)CCOCC1)c1ccccc1C. The number of hydrogen-bond acceptors (Lipinski definition) is 2. The van der Waals surface area contributed by atoms with Gasteiger partial charge in [-0.25, -0.2) is 0 Å². The number of benzene rings is 2. The molecule has 1 aliphatic rings. The minimum Gasteiger partial charge on any atom is -0.381 e. The van der Waals surface area contributed by atoms with E-state index >= 15 is 0 Å². The predicted octanol–water partition coefficient (Wildman–Crippen LogP) is 4.31. The molecular formula is C22H27NO2. The lowest BCUT2D eigenvalue weighted by molar-refractivity contribution is -0.131. The Hall–Kier alpha value is -2.13. The minimum absolute atomic E-state index is 0.0390. The van der Waals surface area contributed by atoms with Gasteiger partial charge in [-0.3, -0.25) is 4.79 Å². The molecule has 2 aromatic rings. The molecule has 132 valence electrons. The van der Waals surface area contributed by atoms with Gasteiger partial charge in [0.1, 0.15) is 0 Å². The predicted molar refractivity (Wildman–Crippen MR) is 101 cm³/mol. The van der Waals surface area contributed by atoms with Crippen molar-refractivity contribution in [3.05, 3.63) is 71.3 Å². The van der Waals surface area contributed by atoms with Gasteiger partial charge in [-0.1, -0.05) is 61.5 Å². The number of carbonyl (C=O) groups is 1. The second kappa shape index (κ2) is 7.83. The summed E-state index contributed by atoms with van der Waals surface area (Å²) in [7, 11) is 0. The van der Waals surface area contributed by atoms with E-state index in [4.69, 9.17) is 4.74 Å². The standard InChI is InChI=1S/C22H27NO2/c1-3-20(19-12-8-7-9-17(19)2)23-21(24)22(13-15-25-16-14-22)18-10-5-4-6-11-18/h4-12,20H,3,13-16H2,1-2H3,(H,23,24)/t20-/m0/s1. The van der Waals surface area contributed by atoms with Gasteiger partial charge in [0.2, 0.25) is 5.91 Å². The Labute approximate surface area is 150 Å². The molecular weight excluding hydrogens is 310 g/mol. The number of ether oxygens (including phenoxy) is 1. The van der Waals surface area contributed by atoms with Crippen LogP contribution in [-0.4, -0.2) is 19.1 Å². The summed E-state index contributed by atoms with van der Waals surface area (Å²) >= 11 is 0. The lowest BCUT2D eigenvalue weighted by Crippen LogP contribution is -2.49. The Morgan fingerprint density at radius 3 is 2.36 bits per heavy atom. The van der Waals surface area contributed by atoms with Gasteiger partial charge in [0.25, 0.3) is 0 Å². The van der Waals surface area contributed by atoms with Crippen LogP contribution in [-0.2, 0) is 14.9 Å². The molecule has 3 rings (SSSR count). The average molecular weight is 337 g/mol. The molecule has 1 N–H and O–H groups in total. The highest BCUT2D eigenvalue weighted by Gasteiger charge is 2.42. The molecule has 0 aromatic heterocycles. The van der Waals surface area contributed by atoms with Crippen LogP contribution in [0.15, 0.2) is 54.6 Å². The lowest BCUT2D eigenvalue weighted by atomic mass is 9.73. The first-order valence-corrected chi connectivity index (χ1v) is 9.17. The first-order valence-electron chi connectivity index (χ1n) is 9.17. The fourth-order valence-electron chi connectivity index (χ4n) is 3.80. The summed E-state index contributed by atoms with van der Waals surface area (Å²) in [6, 6.07) is 18.5. The van der Waals surface area contributed by atoms with Crippen LogP contribution in [0.3, 0.4) is 0 Å². The third kappa shape index (κ3) is 3.62. The van der Waals surface area contributed by atoms with Gasteiger partial charge in [-0.05, 0) is 42.9 Å². The normalized spacial score (nSPS) is 17.7. The highest BCUT2D eigenvalue weighted by molar-refractivity contribution is 5.88. The molecule has 0 unspecified atom stereocenters. The summed E-state index contributed by atoms with van der Waals surface area (Å²) in [6.45, 7) is 5.48. The molecule has 0 aliphatic carbocycles. The summed E-state index contributed by atoms with van der Waals surface area (Å²) in [6.07, 6.45) is 2.33.